The van der Waals surface area contributed by atoms with E-state index in [0.29, 0.717) is 17.2 Å². The number of fused-ring (bicyclic) bond motifs is 1. The quantitative estimate of drug-likeness (QED) is 0.642. The molecule has 2 aliphatic rings. The zero-order chi connectivity index (χ0) is 20.4. The summed E-state index contributed by atoms with van der Waals surface area (Å²) in [5, 5.41) is 14.7. The number of anilines is 1. The van der Waals surface area contributed by atoms with E-state index in [4.69, 9.17) is 9.47 Å². The standard InChI is InChI=1S/C20H19N3O6/c24-14-3-1-2-13(9-14)21-18(25)7-5-15-19(26)23(20(27)22-15)10-12-4-6-16-17(8-12)29-11-28-16/h1-4,6,8-9,15,24H,5,7,10-11H2,(H,21,25)(H,22,27)/t15-/m1/s1. The van der Waals surface area contributed by atoms with Crippen molar-refractivity contribution in [3.05, 3.63) is 48.0 Å². The van der Waals surface area contributed by atoms with Crippen LogP contribution in [0.3, 0.4) is 0 Å². The number of nitrogens with zero attached hydrogens (tertiary/aromatic N) is 1. The lowest BCUT2D eigenvalue weighted by molar-refractivity contribution is -0.128. The van der Waals surface area contributed by atoms with E-state index in [-0.39, 0.29) is 43.7 Å². The fourth-order valence-electron chi connectivity index (χ4n) is 3.23. The topological polar surface area (TPSA) is 117 Å². The summed E-state index contributed by atoms with van der Waals surface area (Å²) in [6, 6.07) is 10.2. The van der Waals surface area contributed by atoms with Crippen LogP contribution in [0.1, 0.15) is 18.4 Å². The van der Waals surface area contributed by atoms with Crippen molar-refractivity contribution in [2.75, 3.05) is 12.1 Å². The summed E-state index contributed by atoms with van der Waals surface area (Å²) >= 11 is 0. The molecule has 0 saturated carbocycles. The number of phenolic OH excluding ortho intramolecular Hbond substituents is 1. The maximum Gasteiger partial charge on any atom is 0.325 e. The molecule has 0 spiro atoms. The van der Waals surface area contributed by atoms with Crippen molar-refractivity contribution in [2.45, 2.75) is 25.4 Å². The first-order valence-electron chi connectivity index (χ1n) is 9.09. The third-order valence-corrected chi connectivity index (χ3v) is 4.67. The molecule has 1 atom stereocenters. The Morgan fingerprint density at radius 2 is 2.00 bits per heavy atom. The maximum atomic E-state index is 12.6. The Bertz CT molecular complexity index is 976. The van der Waals surface area contributed by atoms with Gasteiger partial charge in [0.1, 0.15) is 11.8 Å². The number of nitrogens with one attached hydrogen (secondary N) is 2. The molecule has 0 bridgehead atoms. The molecule has 2 aliphatic heterocycles. The monoisotopic (exact) mass is 397 g/mol. The van der Waals surface area contributed by atoms with Gasteiger partial charge in [-0.15, -0.1) is 0 Å². The normalized spacial score (nSPS) is 17.4. The second-order valence-corrected chi connectivity index (χ2v) is 6.75. The summed E-state index contributed by atoms with van der Waals surface area (Å²) < 4.78 is 10.6. The lowest BCUT2D eigenvalue weighted by Crippen LogP contribution is -2.31. The molecule has 1 fully saturated rings. The number of carbonyl (C=O) groups excluding carboxylic acids is 3. The molecular weight excluding hydrogens is 378 g/mol. The molecule has 4 rings (SSSR count). The van der Waals surface area contributed by atoms with Gasteiger partial charge in [0.05, 0.1) is 6.54 Å². The predicted octanol–water partition coefficient (Wildman–Crippen LogP) is 1.96. The Labute approximate surface area is 166 Å². The second-order valence-electron chi connectivity index (χ2n) is 6.75. The second kappa shape index (κ2) is 7.70. The van der Waals surface area contributed by atoms with Crippen LogP contribution < -0.4 is 20.1 Å². The van der Waals surface area contributed by atoms with Crippen LogP contribution >= 0.6 is 0 Å². The maximum absolute atomic E-state index is 12.6. The van der Waals surface area contributed by atoms with Crippen molar-refractivity contribution >= 4 is 23.5 Å². The lowest BCUT2D eigenvalue weighted by atomic mass is 10.1. The van der Waals surface area contributed by atoms with Crippen molar-refractivity contribution in [1.29, 1.82) is 0 Å². The summed E-state index contributed by atoms with van der Waals surface area (Å²) in [5.41, 5.74) is 1.20. The summed E-state index contributed by atoms with van der Waals surface area (Å²) in [5.74, 6) is 0.557. The highest BCUT2D eigenvalue weighted by molar-refractivity contribution is 6.04. The first-order valence-corrected chi connectivity index (χ1v) is 9.09. The van der Waals surface area contributed by atoms with Crippen molar-refractivity contribution in [3.63, 3.8) is 0 Å². The summed E-state index contributed by atoms with van der Waals surface area (Å²) in [7, 11) is 0. The average molecular weight is 397 g/mol. The minimum Gasteiger partial charge on any atom is -0.508 e. The zero-order valence-corrected chi connectivity index (χ0v) is 15.4. The minimum atomic E-state index is -0.758. The summed E-state index contributed by atoms with van der Waals surface area (Å²) in [6.45, 7) is 0.252. The minimum absolute atomic E-state index is 0.0418. The van der Waals surface area contributed by atoms with Crippen LogP contribution in [-0.4, -0.2) is 40.7 Å². The van der Waals surface area contributed by atoms with Crippen LogP contribution in [0.4, 0.5) is 10.5 Å². The number of rotatable bonds is 6. The average Bonchev–Trinajstić information content (AvgIpc) is 3.26. The molecule has 0 aliphatic carbocycles. The Morgan fingerprint density at radius 1 is 1.17 bits per heavy atom. The Kier molecular flexibility index (Phi) is 4.94. The molecule has 0 aromatic heterocycles. The van der Waals surface area contributed by atoms with E-state index < -0.39 is 12.1 Å². The first-order chi connectivity index (χ1) is 14.0. The van der Waals surface area contributed by atoms with Gasteiger partial charge >= 0.3 is 6.03 Å². The van der Waals surface area contributed by atoms with Crippen molar-refractivity contribution < 1.29 is 29.0 Å². The molecular formula is C20H19N3O6. The predicted molar refractivity (Wildman–Crippen MR) is 101 cm³/mol. The molecule has 2 heterocycles. The Morgan fingerprint density at radius 3 is 2.83 bits per heavy atom. The highest BCUT2D eigenvalue weighted by Gasteiger charge is 2.38. The highest BCUT2D eigenvalue weighted by atomic mass is 16.7. The van der Waals surface area contributed by atoms with E-state index in [9.17, 15) is 19.5 Å². The number of ether oxygens (including phenoxy) is 2. The zero-order valence-electron chi connectivity index (χ0n) is 15.4. The number of hydrogen-bond acceptors (Lipinski definition) is 6. The molecule has 29 heavy (non-hydrogen) atoms. The van der Waals surface area contributed by atoms with Gasteiger partial charge < -0.3 is 25.2 Å². The van der Waals surface area contributed by atoms with Crippen LogP contribution in [0.5, 0.6) is 17.2 Å². The van der Waals surface area contributed by atoms with Gasteiger partial charge in [-0.3, -0.25) is 14.5 Å². The molecule has 4 amide bonds. The number of urea groups is 1. The highest BCUT2D eigenvalue weighted by Crippen LogP contribution is 2.33. The summed E-state index contributed by atoms with van der Waals surface area (Å²) in [6.07, 6.45) is 0.219. The fourth-order valence-corrected chi connectivity index (χ4v) is 3.23. The number of imide groups is 1. The SMILES string of the molecule is O=C(CC[C@H]1NC(=O)N(Cc2ccc3c(c2)OCO3)C1=O)Nc1cccc(O)c1. The largest absolute Gasteiger partial charge is 0.508 e. The molecule has 0 radical (unpaired) electrons. The van der Waals surface area contributed by atoms with Crippen LogP contribution in [0.15, 0.2) is 42.5 Å². The molecule has 9 heteroatoms. The van der Waals surface area contributed by atoms with Crippen LogP contribution in [0.25, 0.3) is 0 Å². The third-order valence-electron chi connectivity index (χ3n) is 4.67. The van der Waals surface area contributed by atoms with Crippen LogP contribution in [0, 0.1) is 0 Å². The number of phenols is 1. The molecule has 2 aromatic carbocycles. The van der Waals surface area contributed by atoms with E-state index in [2.05, 4.69) is 10.6 Å². The van der Waals surface area contributed by atoms with Gasteiger partial charge in [0.25, 0.3) is 5.91 Å². The number of aromatic hydroxyl groups is 1. The Balaban J connectivity index is 1.32. The smallest absolute Gasteiger partial charge is 0.325 e. The van der Waals surface area contributed by atoms with E-state index in [1.165, 1.54) is 12.1 Å². The molecule has 150 valence electrons. The van der Waals surface area contributed by atoms with E-state index in [1.54, 1.807) is 30.3 Å². The van der Waals surface area contributed by atoms with Crippen molar-refractivity contribution in [1.82, 2.24) is 10.2 Å². The first kappa shape index (κ1) is 18.6. The lowest BCUT2D eigenvalue weighted by Gasteiger charge is -2.13. The number of benzene rings is 2. The fraction of sp³-hybridized carbons (Fsp3) is 0.250. The van der Waals surface area contributed by atoms with E-state index >= 15 is 0 Å². The molecule has 2 aromatic rings. The molecule has 0 unspecified atom stereocenters. The molecule has 1 saturated heterocycles. The number of hydrogen-bond donors (Lipinski definition) is 3. The Hall–Kier alpha value is -3.75. The summed E-state index contributed by atoms with van der Waals surface area (Å²) in [4.78, 5) is 38.0. The van der Waals surface area contributed by atoms with Gasteiger partial charge in [-0.05, 0) is 36.2 Å². The number of amides is 4. The van der Waals surface area contributed by atoms with Crippen molar-refractivity contribution in [3.8, 4) is 17.2 Å². The van der Waals surface area contributed by atoms with Crippen LogP contribution in [0.2, 0.25) is 0 Å². The van der Waals surface area contributed by atoms with Gasteiger partial charge in [0.15, 0.2) is 11.5 Å². The molecule has 3 N–H and O–H groups in total. The van der Waals surface area contributed by atoms with Crippen molar-refractivity contribution in [2.24, 2.45) is 0 Å². The number of carbonyl (C=O) groups is 3. The van der Waals surface area contributed by atoms with Gasteiger partial charge in [-0.1, -0.05) is 12.1 Å². The van der Waals surface area contributed by atoms with E-state index in [1.807, 2.05) is 0 Å². The van der Waals surface area contributed by atoms with Crippen LogP contribution in [-0.2, 0) is 16.1 Å². The van der Waals surface area contributed by atoms with E-state index in [0.717, 1.165) is 10.5 Å². The van der Waals surface area contributed by atoms with Gasteiger partial charge in [-0.2, -0.15) is 0 Å². The van der Waals surface area contributed by atoms with Gasteiger partial charge in [-0.25, -0.2) is 4.79 Å². The third kappa shape index (κ3) is 4.08. The van der Waals surface area contributed by atoms with Gasteiger partial charge in [0, 0.05) is 18.2 Å². The molecule has 9 nitrogen and oxygen atoms in total. The van der Waals surface area contributed by atoms with Gasteiger partial charge in [0.2, 0.25) is 12.7 Å².